The first-order valence-electron chi connectivity index (χ1n) is 8.21. The molecule has 1 aromatic carbocycles. The molecule has 0 aliphatic carbocycles. The van der Waals surface area contributed by atoms with Gasteiger partial charge in [-0.1, -0.05) is 19.1 Å². The zero-order valence-electron chi connectivity index (χ0n) is 13.4. The van der Waals surface area contributed by atoms with E-state index in [2.05, 4.69) is 15.5 Å². The Morgan fingerprint density at radius 2 is 2.09 bits per heavy atom. The molecule has 1 saturated heterocycles. The van der Waals surface area contributed by atoms with Gasteiger partial charge in [-0.05, 0) is 18.6 Å². The van der Waals surface area contributed by atoms with Crippen LogP contribution in [0.5, 0.6) is 5.75 Å². The molecule has 2 aliphatic rings. The molecule has 2 N–H and O–H groups in total. The molecule has 1 spiro atoms. The summed E-state index contributed by atoms with van der Waals surface area (Å²) in [4.78, 5) is 26.2. The van der Waals surface area contributed by atoms with Crippen molar-refractivity contribution in [3.05, 3.63) is 29.8 Å². The Labute approximate surface area is 136 Å². The van der Waals surface area contributed by atoms with Gasteiger partial charge in [-0.2, -0.15) is 0 Å². The minimum absolute atomic E-state index is 0.0572. The molecular formula is C17H23N3O3. The molecule has 6 heteroatoms. The number of carbonyl (C=O) groups excluding carboxylic acids is 2. The lowest BCUT2D eigenvalue weighted by Gasteiger charge is -2.44. The summed E-state index contributed by atoms with van der Waals surface area (Å²) in [6.45, 7) is 4.60. The lowest BCUT2D eigenvalue weighted by Crippen LogP contribution is -2.61. The third-order valence-electron chi connectivity index (χ3n) is 4.38. The van der Waals surface area contributed by atoms with E-state index in [0.29, 0.717) is 37.2 Å². The summed E-state index contributed by atoms with van der Waals surface area (Å²) in [7, 11) is 0. The Morgan fingerprint density at radius 3 is 2.83 bits per heavy atom. The van der Waals surface area contributed by atoms with Crippen LogP contribution >= 0.6 is 0 Å². The third kappa shape index (κ3) is 3.47. The molecule has 124 valence electrons. The largest absolute Gasteiger partial charge is 0.467 e. The highest BCUT2D eigenvalue weighted by atomic mass is 16.5. The highest BCUT2D eigenvalue weighted by Crippen LogP contribution is 2.33. The van der Waals surface area contributed by atoms with Crippen molar-refractivity contribution in [3.8, 4) is 5.75 Å². The van der Waals surface area contributed by atoms with Crippen molar-refractivity contribution in [1.29, 1.82) is 0 Å². The van der Waals surface area contributed by atoms with Gasteiger partial charge in [0.25, 0.3) is 5.91 Å². The molecular weight excluding hydrogens is 294 g/mol. The standard InChI is InChI=1S/C17H23N3O3/c1-2-9-18-15(21)12-20-10-7-17(8-11-20)19-16(22)13-5-3-4-6-14(13)23-17/h3-6H,2,7-12H2,1H3,(H,18,21)(H,19,22). The summed E-state index contributed by atoms with van der Waals surface area (Å²) in [5.41, 5.74) is -0.0542. The molecule has 2 amide bonds. The first-order valence-corrected chi connectivity index (χ1v) is 8.21. The number of hydrogen-bond acceptors (Lipinski definition) is 4. The zero-order chi connectivity index (χ0) is 16.3. The van der Waals surface area contributed by atoms with Gasteiger partial charge in [0.2, 0.25) is 5.91 Å². The number of piperidine rings is 1. The first-order chi connectivity index (χ1) is 11.1. The van der Waals surface area contributed by atoms with E-state index in [1.165, 1.54) is 0 Å². The second-order valence-corrected chi connectivity index (χ2v) is 6.17. The Balaban J connectivity index is 1.59. The number of para-hydroxylation sites is 1. The van der Waals surface area contributed by atoms with E-state index in [0.717, 1.165) is 19.5 Å². The van der Waals surface area contributed by atoms with Gasteiger partial charge in [-0.15, -0.1) is 0 Å². The molecule has 0 atom stereocenters. The summed E-state index contributed by atoms with van der Waals surface area (Å²) in [6, 6.07) is 7.31. The third-order valence-corrected chi connectivity index (χ3v) is 4.38. The fraction of sp³-hybridized carbons (Fsp3) is 0.529. The van der Waals surface area contributed by atoms with Crippen molar-refractivity contribution in [2.75, 3.05) is 26.2 Å². The molecule has 0 unspecified atom stereocenters. The molecule has 0 aromatic heterocycles. The van der Waals surface area contributed by atoms with Crippen LogP contribution in [0.25, 0.3) is 0 Å². The van der Waals surface area contributed by atoms with Gasteiger partial charge < -0.3 is 15.4 Å². The van der Waals surface area contributed by atoms with Gasteiger partial charge in [-0.3, -0.25) is 14.5 Å². The number of ether oxygens (including phenoxy) is 1. The number of fused-ring (bicyclic) bond motifs is 1. The Kier molecular flexibility index (Phi) is 4.52. The number of amides is 2. The van der Waals surface area contributed by atoms with E-state index >= 15 is 0 Å². The van der Waals surface area contributed by atoms with Gasteiger partial charge in [-0.25, -0.2) is 0 Å². The van der Waals surface area contributed by atoms with Crippen LogP contribution in [0.3, 0.4) is 0 Å². The molecule has 23 heavy (non-hydrogen) atoms. The zero-order valence-corrected chi connectivity index (χ0v) is 13.4. The SMILES string of the molecule is CCCNC(=O)CN1CCC2(CC1)NC(=O)c1ccccc1O2. The first kappa shape index (κ1) is 15.8. The topological polar surface area (TPSA) is 70.7 Å². The average molecular weight is 317 g/mol. The Morgan fingerprint density at radius 1 is 1.35 bits per heavy atom. The van der Waals surface area contributed by atoms with Crippen molar-refractivity contribution in [3.63, 3.8) is 0 Å². The second kappa shape index (κ2) is 6.58. The van der Waals surface area contributed by atoms with Crippen LogP contribution in [-0.4, -0.2) is 48.6 Å². The lowest BCUT2D eigenvalue weighted by atomic mass is 9.97. The van der Waals surface area contributed by atoms with E-state index < -0.39 is 5.72 Å². The molecule has 1 fully saturated rings. The summed E-state index contributed by atoms with van der Waals surface area (Å²) in [6.07, 6.45) is 2.29. The van der Waals surface area contributed by atoms with Crippen LogP contribution in [0, 0.1) is 0 Å². The van der Waals surface area contributed by atoms with Gasteiger partial charge in [0.05, 0.1) is 12.1 Å². The Hall–Kier alpha value is -2.08. The van der Waals surface area contributed by atoms with Crippen molar-refractivity contribution in [1.82, 2.24) is 15.5 Å². The van der Waals surface area contributed by atoms with Crippen molar-refractivity contribution < 1.29 is 14.3 Å². The van der Waals surface area contributed by atoms with E-state index in [1.54, 1.807) is 6.07 Å². The highest BCUT2D eigenvalue weighted by Gasteiger charge is 2.42. The fourth-order valence-electron chi connectivity index (χ4n) is 3.08. The maximum Gasteiger partial charge on any atom is 0.258 e. The number of benzene rings is 1. The number of nitrogens with zero attached hydrogens (tertiary/aromatic N) is 1. The maximum atomic E-state index is 12.3. The van der Waals surface area contributed by atoms with E-state index in [4.69, 9.17) is 4.74 Å². The minimum atomic E-state index is -0.637. The van der Waals surface area contributed by atoms with Crippen LogP contribution in [-0.2, 0) is 4.79 Å². The van der Waals surface area contributed by atoms with Crippen molar-refractivity contribution >= 4 is 11.8 Å². The van der Waals surface area contributed by atoms with E-state index in [9.17, 15) is 9.59 Å². The van der Waals surface area contributed by atoms with E-state index in [-0.39, 0.29) is 11.8 Å². The fourth-order valence-corrected chi connectivity index (χ4v) is 3.08. The number of rotatable bonds is 4. The predicted octanol–water partition coefficient (Wildman–Crippen LogP) is 1.13. The predicted molar refractivity (Wildman–Crippen MR) is 86.2 cm³/mol. The van der Waals surface area contributed by atoms with Gasteiger partial charge in [0.1, 0.15) is 5.75 Å². The van der Waals surface area contributed by atoms with Crippen LogP contribution in [0.15, 0.2) is 24.3 Å². The number of nitrogens with one attached hydrogen (secondary N) is 2. The summed E-state index contributed by atoms with van der Waals surface area (Å²) in [5, 5.41) is 5.90. The number of hydrogen-bond donors (Lipinski definition) is 2. The van der Waals surface area contributed by atoms with Crippen LogP contribution < -0.4 is 15.4 Å². The number of carbonyl (C=O) groups is 2. The normalized spacial score (nSPS) is 19.6. The van der Waals surface area contributed by atoms with Crippen molar-refractivity contribution in [2.45, 2.75) is 31.9 Å². The number of likely N-dealkylation sites (tertiary alicyclic amines) is 1. The molecule has 2 aliphatic heterocycles. The van der Waals surface area contributed by atoms with Crippen LogP contribution in [0.1, 0.15) is 36.5 Å². The molecule has 3 rings (SSSR count). The quantitative estimate of drug-likeness (QED) is 0.873. The molecule has 2 heterocycles. The monoisotopic (exact) mass is 317 g/mol. The summed E-state index contributed by atoms with van der Waals surface area (Å²) in [5.74, 6) is 0.619. The lowest BCUT2D eigenvalue weighted by molar-refractivity contribution is -0.123. The molecule has 6 nitrogen and oxygen atoms in total. The smallest absolute Gasteiger partial charge is 0.258 e. The van der Waals surface area contributed by atoms with Gasteiger partial charge >= 0.3 is 0 Å². The van der Waals surface area contributed by atoms with Gasteiger partial charge in [0.15, 0.2) is 5.72 Å². The minimum Gasteiger partial charge on any atom is -0.467 e. The van der Waals surface area contributed by atoms with Crippen LogP contribution in [0.2, 0.25) is 0 Å². The molecule has 0 radical (unpaired) electrons. The molecule has 1 aromatic rings. The highest BCUT2D eigenvalue weighted by molar-refractivity contribution is 5.98. The molecule has 0 bridgehead atoms. The summed E-state index contributed by atoms with van der Waals surface area (Å²) >= 11 is 0. The van der Waals surface area contributed by atoms with Crippen molar-refractivity contribution in [2.24, 2.45) is 0 Å². The van der Waals surface area contributed by atoms with Crippen LogP contribution in [0.4, 0.5) is 0 Å². The van der Waals surface area contributed by atoms with Gasteiger partial charge in [0, 0.05) is 32.5 Å². The molecule has 0 saturated carbocycles. The van der Waals surface area contributed by atoms with E-state index in [1.807, 2.05) is 25.1 Å². The average Bonchev–Trinajstić information content (AvgIpc) is 2.55. The maximum absolute atomic E-state index is 12.3. The summed E-state index contributed by atoms with van der Waals surface area (Å²) < 4.78 is 6.09. The second-order valence-electron chi connectivity index (χ2n) is 6.17. The Bertz CT molecular complexity index is 595.